The van der Waals surface area contributed by atoms with Crippen molar-refractivity contribution in [1.29, 1.82) is 0 Å². The molecule has 0 heterocycles. The minimum absolute atomic E-state index is 0.113. The molecule has 3 nitrogen and oxygen atoms in total. The second-order valence-corrected chi connectivity index (χ2v) is 5.76. The molecule has 0 aliphatic carbocycles. The van der Waals surface area contributed by atoms with E-state index in [0.29, 0.717) is 0 Å². The number of ether oxygens (including phenoxy) is 2. The van der Waals surface area contributed by atoms with Crippen LogP contribution in [0.15, 0.2) is 53.0 Å². The normalized spacial score (nSPS) is 13.7. The summed E-state index contributed by atoms with van der Waals surface area (Å²) in [5.74, 6) is 0.818. The third-order valence-corrected chi connectivity index (χ3v) is 4.08. The predicted octanol–water partition coefficient (Wildman–Crippen LogP) is 3.72. The summed E-state index contributed by atoms with van der Waals surface area (Å²) >= 11 is 3.50. The smallest absolute Gasteiger partial charge is 0.133 e. The summed E-state index contributed by atoms with van der Waals surface area (Å²) < 4.78 is 11.8. The zero-order valence-corrected chi connectivity index (χ0v) is 13.8. The average molecular weight is 350 g/mol. The summed E-state index contributed by atoms with van der Waals surface area (Å²) in [7, 11) is 3.35. The Morgan fingerprint density at radius 2 is 1.81 bits per heavy atom. The van der Waals surface area contributed by atoms with Gasteiger partial charge in [-0.1, -0.05) is 36.4 Å². The lowest BCUT2D eigenvalue weighted by atomic mass is 9.96. The van der Waals surface area contributed by atoms with Gasteiger partial charge >= 0.3 is 0 Å². The molecule has 2 N–H and O–H groups in total. The maximum absolute atomic E-state index is 6.34. The molecule has 2 atom stereocenters. The number of rotatable bonds is 6. The first-order chi connectivity index (χ1) is 10.2. The molecule has 2 unspecified atom stereocenters. The van der Waals surface area contributed by atoms with Crippen molar-refractivity contribution in [3.63, 3.8) is 0 Å². The molecule has 2 rings (SSSR count). The molecule has 0 amide bonds. The van der Waals surface area contributed by atoms with Crippen molar-refractivity contribution in [2.45, 2.75) is 18.6 Å². The quantitative estimate of drug-likeness (QED) is 0.864. The van der Waals surface area contributed by atoms with E-state index in [1.165, 1.54) is 0 Å². The van der Waals surface area contributed by atoms with Gasteiger partial charge < -0.3 is 15.2 Å². The van der Waals surface area contributed by atoms with Gasteiger partial charge in [0, 0.05) is 13.2 Å². The Labute approximate surface area is 134 Å². The van der Waals surface area contributed by atoms with Gasteiger partial charge in [-0.25, -0.2) is 0 Å². The van der Waals surface area contributed by atoms with E-state index >= 15 is 0 Å². The molecule has 112 valence electrons. The predicted molar refractivity (Wildman–Crippen MR) is 88.6 cm³/mol. The van der Waals surface area contributed by atoms with Crippen molar-refractivity contribution in [2.75, 3.05) is 14.2 Å². The van der Waals surface area contributed by atoms with Crippen LogP contribution in [-0.2, 0) is 11.2 Å². The largest absolute Gasteiger partial charge is 0.496 e. The van der Waals surface area contributed by atoms with E-state index in [0.717, 1.165) is 27.8 Å². The van der Waals surface area contributed by atoms with E-state index in [-0.39, 0.29) is 12.1 Å². The van der Waals surface area contributed by atoms with E-state index in [1.807, 2.05) is 48.5 Å². The highest BCUT2D eigenvalue weighted by molar-refractivity contribution is 9.10. The Balaban J connectivity index is 2.12. The van der Waals surface area contributed by atoms with Crippen LogP contribution in [0.5, 0.6) is 5.75 Å². The lowest BCUT2D eigenvalue weighted by molar-refractivity contribution is 0.0802. The molecule has 0 fully saturated rings. The molecule has 0 aliphatic heterocycles. The van der Waals surface area contributed by atoms with Crippen LogP contribution in [0.3, 0.4) is 0 Å². The zero-order valence-electron chi connectivity index (χ0n) is 12.3. The summed E-state index contributed by atoms with van der Waals surface area (Å²) in [4.78, 5) is 0. The first kappa shape index (κ1) is 16.0. The Hall–Kier alpha value is -1.36. The van der Waals surface area contributed by atoms with Crippen LogP contribution >= 0.6 is 15.9 Å². The molecule has 0 radical (unpaired) electrons. The number of nitrogens with two attached hydrogens (primary N) is 1. The van der Waals surface area contributed by atoms with Gasteiger partial charge in [0.15, 0.2) is 0 Å². The maximum atomic E-state index is 6.34. The first-order valence-corrected chi connectivity index (χ1v) is 7.60. The number of hydrogen-bond acceptors (Lipinski definition) is 3. The van der Waals surface area contributed by atoms with Crippen molar-refractivity contribution in [2.24, 2.45) is 5.73 Å². The van der Waals surface area contributed by atoms with Gasteiger partial charge in [0.1, 0.15) is 5.75 Å². The highest BCUT2D eigenvalue weighted by Gasteiger charge is 2.19. The monoisotopic (exact) mass is 349 g/mol. The molecule has 0 aromatic heterocycles. The maximum Gasteiger partial charge on any atom is 0.133 e. The van der Waals surface area contributed by atoms with Crippen molar-refractivity contribution in [3.05, 3.63) is 64.1 Å². The van der Waals surface area contributed by atoms with E-state index in [9.17, 15) is 0 Å². The van der Waals surface area contributed by atoms with Gasteiger partial charge in [-0.15, -0.1) is 0 Å². The second-order valence-electron chi connectivity index (χ2n) is 4.90. The van der Waals surface area contributed by atoms with Gasteiger partial charge in [0.2, 0.25) is 0 Å². The highest BCUT2D eigenvalue weighted by Crippen LogP contribution is 2.27. The lowest BCUT2D eigenvalue weighted by Crippen LogP contribution is -2.31. The fraction of sp³-hybridized carbons (Fsp3) is 0.294. The van der Waals surface area contributed by atoms with E-state index in [1.54, 1.807) is 14.2 Å². The summed E-state index contributed by atoms with van der Waals surface area (Å²) in [5.41, 5.74) is 8.59. The second kappa shape index (κ2) is 7.59. The molecule has 0 saturated heterocycles. The van der Waals surface area contributed by atoms with Gasteiger partial charge in [0.05, 0.1) is 17.7 Å². The Morgan fingerprint density at radius 3 is 2.38 bits per heavy atom. The van der Waals surface area contributed by atoms with Gasteiger partial charge in [-0.2, -0.15) is 0 Å². The van der Waals surface area contributed by atoms with Crippen LogP contribution in [0, 0.1) is 0 Å². The number of halogens is 1. The summed E-state index contributed by atoms with van der Waals surface area (Å²) in [6, 6.07) is 16.0. The fourth-order valence-corrected chi connectivity index (χ4v) is 3.00. The van der Waals surface area contributed by atoms with Gasteiger partial charge in [0.25, 0.3) is 0 Å². The summed E-state index contributed by atoms with van der Waals surface area (Å²) in [6.45, 7) is 0. The molecular formula is C17H20BrNO2. The number of hydrogen-bond donors (Lipinski definition) is 1. The van der Waals surface area contributed by atoms with E-state index in [2.05, 4.69) is 15.9 Å². The third-order valence-electron chi connectivity index (χ3n) is 3.46. The van der Waals surface area contributed by atoms with E-state index in [4.69, 9.17) is 15.2 Å². The molecule has 4 heteroatoms. The minimum Gasteiger partial charge on any atom is -0.496 e. The van der Waals surface area contributed by atoms with Crippen molar-refractivity contribution in [1.82, 2.24) is 0 Å². The molecule has 0 spiro atoms. The van der Waals surface area contributed by atoms with Crippen LogP contribution < -0.4 is 10.5 Å². The molecule has 0 aliphatic rings. The van der Waals surface area contributed by atoms with E-state index < -0.39 is 0 Å². The molecule has 2 aromatic carbocycles. The molecule has 0 bridgehead atoms. The topological polar surface area (TPSA) is 44.5 Å². The first-order valence-electron chi connectivity index (χ1n) is 6.81. The SMILES string of the molecule is COc1ccc(CC(N)C(OC)c2ccccc2)cc1Br. The molecule has 2 aromatic rings. The highest BCUT2D eigenvalue weighted by atomic mass is 79.9. The third kappa shape index (κ3) is 4.06. The minimum atomic E-state index is -0.118. The number of benzene rings is 2. The Bertz CT molecular complexity index is 574. The van der Waals surface area contributed by atoms with Crippen LogP contribution in [0.4, 0.5) is 0 Å². The summed E-state index contributed by atoms with van der Waals surface area (Å²) in [5, 5.41) is 0. The fourth-order valence-electron chi connectivity index (χ4n) is 2.42. The van der Waals surface area contributed by atoms with Crippen LogP contribution in [-0.4, -0.2) is 20.3 Å². The van der Waals surface area contributed by atoms with Crippen molar-refractivity contribution in [3.8, 4) is 5.75 Å². The van der Waals surface area contributed by atoms with Crippen LogP contribution in [0.1, 0.15) is 17.2 Å². The summed E-state index contributed by atoms with van der Waals surface area (Å²) in [6.07, 6.45) is 0.614. The lowest BCUT2D eigenvalue weighted by Gasteiger charge is -2.23. The standard InChI is InChI=1S/C17H20BrNO2/c1-20-16-9-8-12(10-14(16)18)11-15(19)17(21-2)13-6-4-3-5-7-13/h3-10,15,17H,11,19H2,1-2H3. The average Bonchev–Trinajstić information content (AvgIpc) is 2.49. The van der Waals surface area contributed by atoms with Crippen molar-refractivity contribution < 1.29 is 9.47 Å². The molecule has 21 heavy (non-hydrogen) atoms. The van der Waals surface area contributed by atoms with Gasteiger partial charge in [-0.3, -0.25) is 0 Å². The van der Waals surface area contributed by atoms with Crippen LogP contribution in [0.25, 0.3) is 0 Å². The zero-order chi connectivity index (χ0) is 15.2. The number of methoxy groups -OCH3 is 2. The van der Waals surface area contributed by atoms with Crippen molar-refractivity contribution >= 4 is 15.9 Å². The Kier molecular flexibility index (Phi) is 5.79. The molecule has 0 saturated carbocycles. The molecular weight excluding hydrogens is 330 g/mol. The Morgan fingerprint density at radius 1 is 1.10 bits per heavy atom. The van der Waals surface area contributed by atoms with Gasteiger partial charge in [-0.05, 0) is 45.6 Å². The van der Waals surface area contributed by atoms with Crippen LogP contribution in [0.2, 0.25) is 0 Å².